The molecular weight excluding hydrogens is 488 g/mol. The summed E-state index contributed by atoms with van der Waals surface area (Å²) in [6, 6.07) is 13.7. The lowest BCUT2D eigenvalue weighted by Gasteiger charge is -2.41. The molecule has 0 saturated carbocycles. The number of nitrogens with zero attached hydrogens (tertiary/aromatic N) is 2. The van der Waals surface area contributed by atoms with Crippen LogP contribution < -0.4 is 4.90 Å². The Morgan fingerprint density at radius 1 is 1.18 bits per heavy atom. The summed E-state index contributed by atoms with van der Waals surface area (Å²) in [5, 5.41) is 9.05. The van der Waals surface area contributed by atoms with Crippen LogP contribution in [0.2, 0.25) is 0 Å². The van der Waals surface area contributed by atoms with Crippen molar-refractivity contribution in [2.75, 3.05) is 30.5 Å². The summed E-state index contributed by atoms with van der Waals surface area (Å²) in [6.45, 7) is 4.77. The molecule has 1 N–H and O–H groups in total. The molecule has 0 unspecified atom stereocenters. The molecule has 0 saturated heterocycles. The van der Waals surface area contributed by atoms with Crippen LogP contribution in [0.5, 0.6) is 0 Å². The molecule has 1 aliphatic rings. The van der Waals surface area contributed by atoms with E-state index in [0.29, 0.717) is 24.4 Å². The first-order valence-electron chi connectivity index (χ1n) is 11.5. The van der Waals surface area contributed by atoms with Crippen molar-refractivity contribution in [3.63, 3.8) is 0 Å². The highest BCUT2D eigenvalue weighted by Crippen LogP contribution is 2.45. The van der Waals surface area contributed by atoms with Gasteiger partial charge in [0.2, 0.25) is 10.0 Å². The lowest BCUT2D eigenvalue weighted by molar-refractivity contribution is -0.133. The van der Waals surface area contributed by atoms with Crippen LogP contribution in [0.4, 0.5) is 11.4 Å². The first-order chi connectivity index (χ1) is 16.2. The molecule has 0 aromatic heterocycles. The van der Waals surface area contributed by atoms with E-state index in [1.807, 2.05) is 42.7 Å². The van der Waals surface area contributed by atoms with Crippen LogP contribution in [-0.4, -0.2) is 54.9 Å². The molecule has 0 spiro atoms. The second-order valence-corrected chi connectivity index (χ2v) is 12.4. The quantitative estimate of drug-likeness (QED) is 0.393. The second-order valence-electron chi connectivity index (χ2n) is 8.59. The number of sulfonamides is 1. The Labute approximate surface area is 212 Å². The normalized spacial score (nSPS) is 20.1. The number of aliphatic carboxylic acids is 1. The van der Waals surface area contributed by atoms with Crippen LogP contribution in [0.15, 0.2) is 52.3 Å². The number of para-hydroxylation sites is 1. The zero-order valence-electron chi connectivity index (χ0n) is 20.3. The number of anilines is 2. The number of hydrogen-bond acceptors (Lipinski definition) is 6. The Balaban J connectivity index is 2.24. The maximum atomic E-state index is 14.1. The Hall–Kier alpha value is -1.68. The van der Waals surface area contributed by atoms with Crippen LogP contribution in [0.3, 0.4) is 0 Å². The largest absolute Gasteiger partial charge is 0.481 e. The van der Waals surface area contributed by atoms with Crippen LogP contribution in [-0.2, 0) is 20.6 Å². The van der Waals surface area contributed by atoms with Gasteiger partial charge in [0.25, 0.3) is 0 Å². The van der Waals surface area contributed by atoms with Crippen molar-refractivity contribution in [2.45, 2.75) is 60.6 Å². The SMILES string of the molecule is CCCC[C@@]1(CC)CN(c2ccccc2)c2cc(SC)c(CSCC(=O)O)cc2S(=O)(=O)N1C. The minimum Gasteiger partial charge on any atom is -0.481 e. The van der Waals surface area contributed by atoms with Crippen molar-refractivity contribution in [2.24, 2.45) is 0 Å². The number of benzene rings is 2. The van der Waals surface area contributed by atoms with Gasteiger partial charge < -0.3 is 10.0 Å². The zero-order chi connectivity index (χ0) is 24.9. The number of likely N-dealkylation sites (N-methyl/N-ethyl adjacent to an activating group) is 1. The number of thioether (sulfide) groups is 2. The monoisotopic (exact) mass is 522 g/mol. The summed E-state index contributed by atoms with van der Waals surface area (Å²) in [4.78, 5) is 14.4. The zero-order valence-corrected chi connectivity index (χ0v) is 22.7. The summed E-state index contributed by atoms with van der Waals surface area (Å²) in [5.41, 5.74) is 1.95. The van der Waals surface area contributed by atoms with Gasteiger partial charge in [0.15, 0.2) is 0 Å². The molecule has 3 rings (SSSR count). The molecule has 0 amide bonds. The van der Waals surface area contributed by atoms with Crippen molar-refractivity contribution in [1.29, 1.82) is 0 Å². The molecular formula is C25H34N2O4S3. The summed E-state index contributed by atoms with van der Waals surface area (Å²) < 4.78 is 29.7. The van der Waals surface area contributed by atoms with E-state index in [2.05, 4.69) is 18.7 Å². The topological polar surface area (TPSA) is 77.9 Å². The predicted molar refractivity (Wildman–Crippen MR) is 143 cm³/mol. The Morgan fingerprint density at radius 2 is 1.88 bits per heavy atom. The minimum absolute atomic E-state index is 0.0241. The van der Waals surface area contributed by atoms with Crippen molar-refractivity contribution < 1.29 is 18.3 Å². The lowest BCUT2D eigenvalue weighted by atomic mass is 9.88. The smallest absolute Gasteiger partial charge is 0.313 e. The van der Waals surface area contributed by atoms with Gasteiger partial charge in [0.1, 0.15) is 4.90 Å². The minimum atomic E-state index is -3.78. The number of rotatable bonds is 10. The van der Waals surface area contributed by atoms with Crippen molar-refractivity contribution >= 4 is 50.9 Å². The van der Waals surface area contributed by atoms with Gasteiger partial charge >= 0.3 is 5.97 Å². The average molecular weight is 523 g/mol. The number of unbranched alkanes of at least 4 members (excludes halogenated alkanes) is 1. The molecule has 6 nitrogen and oxygen atoms in total. The Bertz CT molecular complexity index is 1110. The fraction of sp³-hybridized carbons (Fsp3) is 0.480. The van der Waals surface area contributed by atoms with Crippen LogP contribution in [0.25, 0.3) is 0 Å². The average Bonchev–Trinajstić information content (AvgIpc) is 2.90. The molecule has 9 heteroatoms. The van der Waals surface area contributed by atoms with Gasteiger partial charge in [-0.1, -0.05) is 44.9 Å². The molecule has 0 bridgehead atoms. The van der Waals surface area contributed by atoms with E-state index in [9.17, 15) is 13.2 Å². The van der Waals surface area contributed by atoms with Gasteiger partial charge in [-0.3, -0.25) is 4.79 Å². The first kappa shape index (κ1) is 26.9. The highest BCUT2D eigenvalue weighted by Gasteiger charge is 2.46. The Kier molecular flexibility index (Phi) is 9.00. The van der Waals surface area contributed by atoms with Gasteiger partial charge in [-0.05, 0) is 48.9 Å². The maximum absolute atomic E-state index is 14.1. The molecule has 34 heavy (non-hydrogen) atoms. The predicted octanol–water partition coefficient (Wildman–Crippen LogP) is 5.84. The maximum Gasteiger partial charge on any atom is 0.313 e. The Morgan fingerprint density at radius 3 is 2.47 bits per heavy atom. The van der Waals surface area contributed by atoms with E-state index in [1.165, 1.54) is 11.8 Å². The highest BCUT2D eigenvalue weighted by molar-refractivity contribution is 7.99. The number of fused-ring (bicyclic) bond motifs is 1. The van der Waals surface area contributed by atoms with E-state index < -0.39 is 21.5 Å². The van der Waals surface area contributed by atoms with Crippen LogP contribution in [0.1, 0.15) is 45.1 Å². The molecule has 2 aromatic rings. The fourth-order valence-corrected chi connectivity index (χ4v) is 7.79. The highest BCUT2D eigenvalue weighted by atomic mass is 32.2. The summed E-state index contributed by atoms with van der Waals surface area (Å²) >= 11 is 2.83. The number of carbonyl (C=O) groups is 1. The standard InChI is InChI=1S/C25H34N2O4S3/c1-5-7-13-25(6-2)18-27(20-11-9-8-10-12-20)21-15-22(32-4)19(16-33-17-24(28)29)14-23(21)34(30,31)26(25)3/h8-12,14-15H,5-7,13,16-18H2,1-4H3,(H,28,29)/t25-/m0/s1. The molecule has 0 aliphatic carbocycles. The van der Waals surface area contributed by atoms with Gasteiger partial charge in [0.05, 0.1) is 17.0 Å². The van der Waals surface area contributed by atoms with E-state index in [-0.39, 0.29) is 10.6 Å². The number of hydrogen-bond donors (Lipinski definition) is 1. The third-order valence-electron chi connectivity index (χ3n) is 6.62. The molecule has 2 aromatic carbocycles. The molecule has 1 atom stereocenters. The van der Waals surface area contributed by atoms with Crippen LogP contribution in [0, 0.1) is 0 Å². The number of carboxylic acid groups (broad SMARTS) is 1. The van der Waals surface area contributed by atoms with Crippen molar-refractivity contribution in [3.8, 4) is 0 Å². The summed E-state index contributed by atoms with van der Waals surface area (Å²) in [5.74, 6) is -0.463. The van der Waals surface area contributed by atoms with Crippen molar-refractivity contribution in [1.82, 2.24) is 4.31 Å². The lowest BCUT2D eigenvalue weighted by Crippen LogP contribution is -2.53. The molecule has 0 fully saturated rings. The number of carboxylic acids is 1. The molecule has 1 aliphatic heterocycles. The third kappa shape index (κ3) is 5.42. The van der Waals surface area contributed by atoms with E-state index in [1.54, 1.807) is 29.2 Å². The van der Waals surface area contributed by atoms with Crippen molar-refractivity contribution in [3.05, 3.63) is 48.0 Å². The fourth-order valence-electron chi connectivity index (χ4n) is 4.53. The van der Waals surface area contributed by atoms with Gasteiger partial charge in [-0.2, -0.15) is 4.31 Å². The molecule has 1 heterocycles. The third-order valence-corrected chi connectivity index (χ3v) is 10.4. The van der Waals surface area contributed by atoms with Gasteiger partial charge in [0, 0.05) is 29.9 Å². The summed E-state index contributed by atoms with van der Waals surface area (Å²) in [7, 11) is -2.06. The second kappa shape index (κ2) is 11.4. The van der Waals surface area contributed by atoms with Crippen LogP contribution >= 0.6 is 23.5 Å². The van der Waals surface area contributed by atoms with E-state index in [0.717, 1.165) is 35.4 Å². The van der Waals surface area contributed by atoms with E-state index >= 15 is 0 Å². The van der Waals surface area contributed by atoms with Gasteiger partial charge in [-0.15, -0.1) is 23.5 Å². The summed E-state index contributed by atoms with van der Waals surface area (Å²) in [6.07, 6.45) is 5.39. The van der Waals surface area contributed by atoms with E-state index in [4.69, 9.17) is 5.11 Å². The first-order valence-corrected chi connectivity index (χ1v) is 15.3. The molecule has 186 valence electrons. The van der Waals surface area contributed by atoms with Gasteiger partial charge in [-0.25, -0.2) is 8.42 Å². The molecule has 0 radical (unpaired) electrons.